The van der Waals surface area contributed by atoms with Crippen molar-refractivity contribution < 1.29 is 26.7 Å². The predicted octanol–water partition coefficient (Wildman–Crippen LogP) is 7.05. The second-order valence-electron chi connectivity index (χ2n) is 12.9. The Bertz CT molecular complexity index is 1420. The van der Waals surface area contributed by atoms with Crippen LogP contribution in [0.5, 0.6) is 0 Å². The number of nitrogens with one attached hydrogen (secondary N) is 1. The second-order valence-corrected chi connectivity index (χ2v) is 12.9. The Morgan fingerprint density at radius 3 is 2.49 bits per heavy atom. The lowest BCUT2D eigenvalue weighted by Gasteiger charge is -2.42. The van der Waals surface area contributed by atoms with Crippen LogP contribution in [-0.2, 0) is 11.3 Å². The summed E-state index contributed by atoms with van der Waals surface area (Å²) in [7, 11) is 2.02. The van der Waals surface area contributed by atoms with Gasteiger partial charge in [0.1, 0.15) is 11.6 Å². The van der Waals surface area contributed by atoms with Crippen molar-refractivity contribution in [1.29, 1.82) is 0 Å². The van der Waals surface area contributed by atoms with Gasteiger partial charge < -0.3 is 10.1 Å². The Hall–Kier alpha value is -2.76. The fraction of sp³-hybridized carbons (Fsp3) is 0.594. The van der Waals surface area contributed by atoms with Gasteiger partial charge in [-0.1, -0.05) is 19.9 Å². The molecule has 0 bridgehead atoms. The lowest BCUT2D eigenvalue weighted by Crippen LogP contribution is -2.55. The number of nitrogens with zero attached hydrogens (tertiary/aromatic N) is 4. The highest BCUT2D eigenvalue weighted by Gasteiger charge is 2.39. The number of benzene rings is 2. The van der Waals surface area contributed by atoms with Gasteiger partial charge in [0.05, 0.1) is 24.2 Å². The number of aromatic nitrogens is 2. The molecule has 0 spiro atoms. The molecule has 0 aliphatic carbocycles. The van der Waals surface area contributed by atoms with E-state index in [1.165, 1.54) is 12.1 Å². The van der Waals surface area contributed by atoms with E-state index in [1.54, 1.807) is 4.90 Å². The molecule has 3 atom stereocenters. The van der Waals surface area contributed by atoms with E-state index in [0.717, 1.165) is 47.7 Å². The molecule has 0 radical (unpaired) electrons. The maximum absolute atomic E-state index is 16.0. The van der Waals surface area contributed by atoms with Crippen molar-refractivity contribution in [1.82, 2.24) is 19.6 Å². The van der Waals surface area contributed by atoms with E-state index < -0.39 is 30.1 Å². The van der Waals surface area contributed by atoms with E-state index in [0.29, 0.717) is 37.8 Å². The van der Waals surface area contributed by atoms with Gasteiger partial charge in [-0.05, 0) is 68.0 Å². The van der Waals surface area contributed by atoms with Crippen molar-refractivity contribution in [2.24, 2.45) is 5.92 Å². The first-order chi connectivity index (χ1) is 20.5. The lowest BCUT2D eigenvalue weighted by atomic mass is 9.75. The zero-order valence-corrected chi connectivity index (χ0v) is 24.9. The fourth-order valence-electron chi connectivity index (χ4n) is 7.11. The maximum Gasteiger partial charge on any atom is 0.390 e. The molecule has 3 aliphatic rings. The number of likely N-dealkylation sites (tertiary alicyclic amines) is 1. The number of hydrogen-bond donors (Lipinski definition) is 1. The number of rotatable bonds is 8. The van der Waals surface area contributed by atoms with Crippen LogP contribution in [0.15, 0.2) is 30.5 Å². The molecule has 2 fully saturated rings. The minimum Gasteiger partial charge on any atom is -0.380 e. The third-order valence-corrected chi connectivity index (χ3v) is 9.19. The van der Waals surface area contributed by atoms with Crippen LogP contribution in [-0.4, -0.2) is 71.1 Å². The van der Waals surface area contributed by atoms with E-state index >= 15 is 8.78 Å². The first-order valence-electron chi connectivity index (χ1n) is 15.3. The average molecular weight is 606 g/mol. The monoisotopic (exact) mass is 605 g/mol. The van der Waals surface area contributed by atoms with Gasteiger partial charge in [0.25, 0.3) is 0 Å². The third kappa shape index (κ3) is 6.26. The summed E-state index contributed by atoms with van der Waals surface area (Å²) < 4.78 is 77.6. The molecule has 1 aromatic heterocycles. The highest BCUT2D eigenvalue weighted by molar-refractivity contribution is 5.84. The summed E-state index contributed by atoms with van der Waals surface area (Å²) >= 11 is 0. The molecule has 2 aromatic carbocycles. The zero-order valence-electron chi connectivity index (χ0n) is 24.9. The van der Waals surface area contributed by atoms with Gasteiger partial charge in [0.2, 0.25) is 0 Å². The summed E-state index contributed by atoms with van der Waals surface area (Å²) in [6, 6.07) is 6.41. The number of alkyl halides is 3. The first-order valence-corrected chi connectivity index (χ1v) is 15.3. The summed E-state index contributed by atoms with van der Waals surface area (Å²) in [4.78, 5) is 3.89. The first kappa shape index (κ1) is 30.3. The molecule has 234 valence electrons. The standard InChI is InChI=1S/C32H40F5N5O/c1-19(2)12-28-30(31-25(33)13-20(14-26(31)34)39-21-16-41(17-21)10-9-32(35,36)37)22-7-8-27-23(24(22)18-40(28)3)15-38-42(27)29-6-4-5-11-43-29/h7-8,13-15,19,21,28-30,39H,4-6,9-12,16-18H2,1-3H3/t28-,29?,30+/m0/s1. The molecule has 6 rings (SSSR count). The molecule has 1 unspecified atom stereocenters. The van der Waals surface area contributed by atoms with Crippen molar-refractivity contribution in [3.63, 3.8) is 0 Å². The minimum atomic E-state index is -4.20. The lowest BCUT2D eigenvalue weighted by molar-refractivity contribution is -0.139. The second kappa shape index (κ2) is 12.0. The molecule has 4 heterocycles. The average Bonchev–Trinajstić information content (AvgIpc) is 3.35. The molecular weight excluding hydrogens is 565 g/mol. The topological polar surface area (TPSA) is 45.6 Å². The van der Waals surface area contributed by atoms with Gasteiger partial charge >= 0.3 is 6.18 Å². The largest absolute Gasteiger partial charge is 0.390 e. The molecule has 43 heavy (non-hydrogen) atoms. The third-order valence-electron chi connectivity index (χ3n) is 9.19. The Labute approximate surface area is 249 Å². The molecule has 2 saturated heterocycles. The van der Waals surface area contributed by atoms with Gasteiger partial charge in [0, 0.05) is 61.4 Å². The summed E-state index contributed by atoms with van der Waals surface area (Å²) in [5.74, 6) is -1.45. The van der Waals surface area contributed by atoms with Crippen LogP contribution in [0.3, 0.4) is 0 Å². The maximum atomic E-state index is 16.0. The SMILES string of the molecule is CC(C)C[C@H]1[C@H](c2c(F)cc(NC3CN(CCC(F)(F)F)C3)cc2F)c2ccc3c(cnn3C3CCCCO3)c2CN1C. The molecule has 1 N–H and O–H groups in total. The van der Waals surface area contributed by atoms with Gasteiger partial charge in [-0.3, -0.25) is 9.80 Å². The van der Waals surface area contributed by atoms with E-state index in [1.807, 2.05) is 30.1 Å². The quantitative estimate of drug-likeness (QED) is 0.279. The predicted molar refractivity (Wildman–Crippen MR) is 156 cm³/mol. The molecule has 3 aliphatic heterocycles. The van der Waals surface area contributed by atoms with Gasteiger partial charge in [-0.2, -0.15) is 18.3 Å². The number of hydrogen-bond acceptors (Lipinski definition) is 5. The summed E-state index contributed by atoms with van der Waals surface area (Å²) in [6.07, 6.45) is 0.469. The molecular formula is C32H40F5N5O. The highest BCUT2D eigenvalue weighted by atomic mass is 19.4. The smallest absolute Gasteiger partial charge is 0.380 e. The van der Waals surface area contributed by atoms with Crippen LogP contribution in [0.1, 0.15) is 74.8 Å². The normalized spacial score (nSPS) is 24.0. The number of fused-ring (bicyclic) bond motifs is 3. The Morgan fingerprint density at radius 2 is 1.84 bits per heavy atom. The van der Waals surface area contributed by atoms with E-state index in [2.05, 4.69) is 24.1 Å². The Morgan fingerprint density at radius 1 is 1.09 bits per heavy atom. The Kier molecular flexibility index (Phi) is 8.43. The van der Waals surface area contributed by atoms with Gasteiger partial charge in [0.15, 0.2) is 6.23 Å². The van der Waals surface area contributed by atoms with E-state index in [-0.39, 0.29) is 30.4 Å². The highest BCUT2D eigenvalue weighted by Crippen LogP contribution is 2.45. The molecule has 6 nitrogen and oxygen atoms in total. The number of likely N-dealkylation sites (N-methyl/N-ethyl adjacent to an activating group) is 1. The molecule has 0 saturated carbocycles. The molecule has 3 aromatic rings. The van der Waals surface area contributed by atoms with Crippen molar-refractivity contribution in [2.75, 3.05) is 38.6 Å². The summed E-state index contributed by atoms with van der Waals surface area (Å²) in [5.41, 5.74) is 3.25. The van der Waals surface area contributed by atoms with Crippen molar-refractivity contribution >= 4 is 16.6 Å². The van der Waals surface area contributed by atoms with E-state index in [4.69, 9.17) is 9.84 Å². The number of ether oxygens (including phenoxy) is 1. The van der Waals surface area contributed by atoms with Crippen LogP contribution in [0.25, 0.3) is 10.9 Å². The number of anilines is 1. The van der Waals surface area contributed by atoms with E-state index in [9.17, 15) is 13.2 Å². The van der Waals surface area contributed by atoms with Crippen LogP contribution in [0.4, 0.5) is 27.6 Å². The van der Waals surface area contributed by atoms with Crippen LogP contribution < -0.4 is 5.32 Å². The fourth-order valence-corrected chi connectivity index (χ4v) is 7.11. The zero-order chi connectivity index (χ0) is 30.5. The van der Waals surface area contributed by atoms with Crippen molar-refractivity contribution in [3.8, 4) is 0 Å². The minimum absolute atomic E-state index is 0.0479. The summed E-state index contributed by atoms with van der Waals surface area (Å²) in [5, 5.41) is 8.78. The Balaban J connectivity index is 1.30. The van der Waals surface area contributed by atoms with Crippen molar-refractivity contribution in [2.45, 2.75) is 82.9 Å². The summed E-state index contributed by atoms with van der Waals surface area (Å²) in [6.45, 7) is 6.31. The molecule has 0 amide bonds. The van der Waals surface area contributed by atoms with Gasteiger partial charge in [-0.25, -0.2) is 13.5 Å². The van der Waals surface area contributed by atoms with Gasteiger partial charge in [-0.15, -0.1) is 0 Å². The van der Waals surface area contributed by atoms with Crippen molar-refractivity contribution in [3.05, 3.63) is 58.8 Å². The molecule has 11 heteroatoms. The van der Waals surface area contributed by atoms with Crippen LogP contribution in [0.2, 0.25) is 0 Å². The number of halogens is 5. The van der Waals surface area contributed by atoms with Crippen LogP contribution in [0, 0.1) is 17.6 Å². The van der Waals surface area contributed by atoms with Crippen LogP contribution >= 0.6 is 0 Å².